The van der Waals surface area contributed by atoms with Crippen molar-refractivity contribution in [1.29, 1.82) is 0 Å². The molecule has 1 fully saturated rings. The minimum atomic E-state index is -1.10. The molecule has 26 heavy (non-hydrogen) atoms. The van der Waals surface area contributed by atoms with Crippen LogP contribution in [0.15, 0.2) is 18.2 Å². The number of hydrogen-bond donors (Lipinski definition) is 2. The van der Waals surface area contributed by atoms with E-state index in [1.165, 1.54) is 6.07 Å². The van der Waals surface area contributed by atoms with E-state index in [1.54, 1.807) is 31.0 Å². The number of nitrogens with one attached hydrogen (secondary N) is 1. The molecule has 2 rings (SSSR count). The van der Waals surface area contributed by atoms with Crippen LogP contribution in [0, 0.1) is 5.92 Å². The van der Waals surface area contributed by atoms with Gasteiger partial charge in [0.05, 0.1) is 12.5 Å². The van der Waals surface area contributed by atoms with Crippen LogP contribution >= 0.6 is 0 Å². The number of carboxylic acids is 1. The van der Waals surface area contributed by atoms with Crippen molar-refractivity contribution in [2.24, 2.45) is 5.92 Å². The number of amides is 2. The topological polar surface area (TPSA) is 105 Å². The molecule has 8 heteroatoms. The molecule has 1 aromatic rings. The van der Waals surface area contributed by atoms with Crippen molar-refractivity contribution in [3.8, 4) is 11.5 Å². The summed E-state index contributed by atoms with van der Waals surface area (Å²) in [7, 11) is 1.59. The first-order valence-electron chi connectivity index (χ1n) is 8.58. The lowest BCUT2D eigenvalue weighted by atomic mass is 9.96. The van der Waals surface area contributed by atoms with E-state index >= 15 is 0 Å². The van der Waals surface area contributed by atoms with Crippen molar-refractivity contribution in [3.63, 3.8) is 0 Å². The summed E-state index contributed by atoms with van der Waals surface area (Å²) in [6.45, 7) is 2.61. The minimum absolute atomic E-state index is 0.0603. The highest BCUT2D eigenvalue weighted by Gasteiger charge is 2.28. The molecule has 0 spiro atoms. The van der Waals surface area contributed by atoms with Gasteiger partial charge in [-0.2, -0.15) is 0 Å². The average Bonchev–Trinajstić information content (AvgIpc) is 2.66. The molecule has 2 N–H and O–H groups in total. The van der Waals surface area contributed by atoms with Crippen molar-refractivity contribution >= 4 is 17.8 Å². The second-order valence-corrected chi connectivity index (χ2v) is 5.98. The Morgan fingerprint density at radius 2 is 2.04 bits per heavy atom. The summed E-state index contributed by atoms with van der Waals surface area (Å²) in [6.07, 6.45) is 1.53. The van der Waals surface area contributed by atoms with Gasteiger partial charge in [-0.1, -0.05) is 0 Å². The van der Waals surface area contributed by atoms with Gasteiger partial charge in [0.1, 0.15) is 0 Å². The Morgan fingerprint density at radius 1 is 1.27 bits per heavy atom. The number of piperidine rings is 1. The SMILES string of the molecule is CCOc1cc(C(=O)N2CCCC(C(=O)NC)C2)ccc1OCC(=O)O. The van der Waals surface area contributed by atoms with Crippen LogP contribution in [-0.4, -0.2) is 61.1 Å². The number of carboxylic acid groups (broad SMARTS) is 1. The summed E-state index contributed by atoms with van der Waals surface area (Å²) in [6, 6.07) is 4.65. The van der Waals surface area contributed by atoms with E-state index in [0.29, 0.717) is 31.0 Å². The highest BCUT2D eigenvalue weighted by Crippen LogP contribution is 2.29. The predicted octanol–water partition coefficient (Wildman–Crippen LogP) is 1.15. The number of carbonyl (C=O) groups excluding carboxylic acids is 2. The fourth-order valence-corrected chi connectivity index (χ4v) is 2.93. The second kappa shape index (κ2) is 9.07. The van der Waals surface area contributed by atoms with Gasteiger partial charge in [-0.05, 0) is 38.0 Å². The molecule has 1 aliphatic heterocycles. The Balaban J connectivity index is 2.16. The minimum Gasteiger partial charge on any atom is -0.490 e. The molecule has 2 amide bonds. The molecular weight excluding hydrogens is 340 g/mol. The van der Waals surface area contributed by atoms with Crippen LogP contribution in [0.3, 0.4) is 0 Å². The van der Waals surface area contributed by atoms with E-state index < -0.39 is 12.6 Å². The number of hydrogen-bond acceptors (Lipinski definition) is 5. The van der Waals surface area contributed by atoms with E-state index in [1.807, 2.05) is 0 Å². The van der Waals surface area contributed by atoms with Crippen molar-refractivity contribution in [2.75, 3.05) is 33.4 Å². The van der Waals surface area contributed by atoms with Crippen LogP contribution in [0.25, 0.3) is 0 Å². The summed E-state index contributed by atoms with van der Waals surface area (Å²) in [4.78, 5) is 37.0. The molecule has 1 aromatic carbocycles. The van der Waals surface area contributed by atoms with Gasteiger partial charge in [-0.15, -0.1) is 0 Å². The van der Waals surface area contributed by atoms with Crippen LogP contribution in [-0.2, 0) is 9.59 Å². The van der Waals surface area contributed by atoms with E-state index in [9.17, 15) is 14.4 Å². The second-order valence-electron chi connectivity index (χ2n) is 5.98. The number of aliphatic carboxylic acids is 1. The molecule has 0 saturated carbocycles. The molecule has 1 atom stereocenters. The lowest BCUT2D eigenvalue weighted by Gasteiger charge is -2.32. The molecule has 0 aromatic heterocycles. The zero-order chi connectivity index (χ0) is 19.1. The Hall–Kier alpha value is -2.77. The van der Waals surface area contributed by atoms with E-state index in [4.69, 9.17) is 14.6 Å². The van der Waals surface area contributed by atoms with Crippen molar-refractivity contribution < 1.29 is 29.0 Å². The normalized spacial score (nSPS) is 16.7. The lowest BCUT2D eigenvalue weighted by Crippen LogP contribution is -2.44. The average molecular weight is 364 g/mol. The number of likely N-dealkylation sites (tertiary alicyclic amines) is 1. The fourth-order valence-electron chi connectivity index (χ4n) is 2.93. The Bertz CT molecular complexity index is 676. The third-order valence-corrected chi connectivity index (χ3v) is 4.17. The van der Waals surface area contributed by atoms with Crippen LogP contribution in [0.1, 0.15) is 30.1 Å². The van der Waals surface area contributed by atoms with Gasteiger partial charge in [0.25, 0.3) is 5.91 Å². The lowest BCUT2D eigenvalue weighted by molar-refractivity contribution is -0.139. The summed E-state index contributed by atoms with van der Waals surface area (Å²) in [5, 5.41) is 11.4. The van der Waals surface area contributed by atoms with Gasteiger partial charge in [-0.3, -0.25) is 9.59 Å². The number of rotatable bonds is 7. The Morgan fingerprint density at radius 3 is 2.69 bits per heavy atom. The Kier molecular flexibility index (Phi) is 6.82. The maximum Gasteiger partial charge on any atom is 0.341 e. The smallest absolute Gasteiger partial charge is 0.341 e. The molecule has 142 valence electrons. The fraction of sp³-hybridized carbons (Fsp3) is 0.500. The predicted molar refractivity (Wildman–Crippen MR) is 93.4 cm³/mol. The van der Waals surface area contributed by atoms with Crippen LogP contribution in [0.2, 0.25) is 0 Å². The molecule has 0 aliphatic carbocycles. The maximum absolute atomic E-state index is 12.8. The molecule has 1 aliphatic rings. The summed E-state index contributed by atoms with van der Waals surface area (Å²) < 4.78 is 10.7. The zero-order valence-electron chi connectivity index (χ0n) is 15.0. The first-order valence-corrected chi connectivity index (χ1v) is 8.58. The van der Waals surface area contributed by atoms with Crippen molar-refractivity contribution in [1.82, 2.24) is 10.2 Å². The van der Waals surface area contributed by atoms with Crippen LogP contribution in [0.5, 0.6) is 11.5 Å². The number of carbonyl (C=O) groups is 3. The standard InChI is InChI=1S/C18H24N2O6/c1-3-25-15-9-12(6-7-14(15)26-11-16(21)22)18(24)20-8-4-5-13(10-20)17(23)19-2/h6-7,9,13H,3-5,8,10-11H2,1-2H3,(H,19,23)(H,21,22). The van der Waals surface area contributed by atoms with E-state index in [-0.39, 0.29) is 23.5 Å². The first-order chi connectivity index (χ1) is 12.5. The monoisotopic (exact) mass is 364 g/mol. The molecule has 1 unspecified atom stereocenters. The van der Waals surface area contributed by atoms with E-state index in [2.05, 4.69) is 5.32 Å². The quantitative estimate of drug-likeness (QED) is 0.752. The van der Waals surface area contributed by atoms with Crippen molar-refractivity contribution in [2.45, 2.75) is 19.8 Å². The van der Waals surface area contributed by atoms with E-state index in [0.717, 1.165) is 12.8 Å². The zero-order valence-corrected chi connectivity index (χ0v) is 15.0. The molecular formula is C18H24N2O6. The molecule has 1 heterocycles. The molecule has 0 radical (unpaired) electrons. The summed E-state index contributed by atoms with van der Waals surface area (Å²) in [5.74, 6) is -0.963. The summed E-state index contributed by atoms with van der Waals surface area (Å²) >= 11 is 0. The molecule has 0 bridgehead atoms. The number of nitrogens with zero attached hydrogens (tertiary/aromatic N) is 1. The van der Waals surface area contributed by atoms with Crippen molar-refractivity contribution in [3.05, 3.63) is 23.8 Å². The van der Waals surface area contributed by atoms with Gasteiger partial charge < -0.3 is 24.8 Å². The molecule has 1 saturated heterocycles. The number of ether oxygens (including phenoxy) is 2. The van der Waals surface area contributed by atoms with Crippen LogP contribution in [0.4, 0.5) is 0 Å². The number of benzene rings is 1. The maximum atomic E-state index is 12.8. The third-order valence-electron chi connectivity index (χ3n) is 4.17. The van der Waals surface area contributed by atoms with Gasteiger partial charge in [-0.25, -0.2) is 4.79 Å². The summed E-state index contributed by atoms with van der Waals surface area (Å²) in [5.41, 5.74) is 0.411. The van der Waals surface area contributed by atoms with Crippen LogP contribution < -0.4 is 14.8 Å². The van der Waals surface area contributed by atoms with Gasteiger partial charge >= 0.3 is 5.97 Å². The highest BCUT2D eigenvalue weighted by molar-refractivity contribution is 5.95. The Labute approximate surface area is 152 Å². The van der Waals surface area contributed by atoms with Gasteiger partial charge in [0, 0.05) is 25.7 Å². The third kappa shape index (κ3) is 4.87. The molecule has 8 nitrogen and oxygen atoms in total. The first kappa shape index (κ1) is 19.6. The largest absolute Gasteiger partial charge is 0.490 e. The van der Waals surface area contributed by atoms with Gasteiger partial charge in [0.2, 0.25) is 5.91 Å². The van der Waals surface area contributed by atoms with Gasteiger partial charge in [0.15, 0.2) is 18.1 Å². The highest BCUT2D eigenvalue weighted by atomic mass is 16.5.